The van der Waals surface area contributed by atoms with Crippen molar-refractivity contribution in [1.82, 2.24) is 15.5 Å². The van der Waals surface area contributed by atoms with E-state index >= 15 is 0 Å². The summed E-state index contributed by atoms with van der Waals surface area (Å²) in [7, 11) is 1.32. The Labute approximate surface area is 297 Å². The van der Waals surface area contributed by atoms with E-state index in [1.807, 2.05) is 0 Å². The van der Waals surface area contributed by atoms with Gasteiger partial charge < -0.3 is 54.9 Å². The van der Waals surface area contributed by atoms with Crippen LogP contribution in [0, 0.1) is 12.3 Å². The van der Waals surface area contributed by atoms with E-state index in [4.69, 9.17) is 37.0 Å². The molecule has 50 heavy (non-hydrogen) atoms. The molecule has 1 aliphatic rings. The van der Waals surface area contributed by atoms with Crippen LogP contribution in [-0.4, -0.2) is 131 Å². The molecule has 6 atom stereocenters. The standard InChI is InChI=1S/C34H50ClN3O12/c1-6-15-47-16-9-7-8-10-17-48-34(31(44)45)19-24(39)28(37-27(42)21-38(5)32(46)50-33(2,3)4)30(49-34)29(43)25(40)20-36-26(41)18-22-11-13-23(35)14-12-22/h1,11-14,24-25,28-30,39-40,43H,7-10,15-21H2,2-5H3,(H,36,41)(H,37,42)(H,44,45)/t24-,25+,28+,29+,30+,34+/m0/s1. The molecule has 0 bridgehead atoms. The highest BCUT2D eigenvalue weighted by atomic mass is 35.5. The number of carboxylic acids is 1. The summed E-state index contributed by atoms with van der Waals surface area (Å²) in [4.78, 5) is 51.5. The number of benzene rings is 1. The number of aliphatic carboxylic acids is 1. The topological polar surface area (TPSA) is 213 Å². The Morgan fingerprint density at radius 2 is 1.74 bits per heavy atom. The fourth-order valence-corrected chi connectivity index (χ4v) is 5.13. The minimum Gasteiger partial charge on any atom is -0.477 e. The van der Waals surface area contributed by atoms with Gasteiger partial charge in [0.1, 0.15) is 31.0 Å². The number of aliphatic hydroxyl groups excluding tert-OH is 3. The first-order valence-corrected chi connectivity index (χ1v) is 16.7. The summed E-state index contributed by atoms with van der Waals surface area (Å²) in [6.07, 6.45) is -0.885. The zero-order valence-electron chi connectivity index (χ0n) is 28.9. The van der Waals surface area contributed by atoms with E-state index in [1.54, 1.807) is 45.0 Å². The summed E-state index contributed by atoms with van der Waals surface area (Å²) < 4.78 is 22.0. The second kappa shape index (κ2) is 20.4. The van der Waals surface area contributed by atoms with Crippen molar-refractivity contribution in [3.8, 4) is 12.3 Å². The molecule has 0 saturated carbocycles. The zero-order chi connectivity index (χ0) is 37.5. The number of nitrogens with zero attached hydrogens (tertiary/aromatic N) is 1. The van der Waals surface area contributed by atoms with Crippen molar-refractivity contribution >= 4 is 35.5 Å². The van der Waals surface area contributed by atoms with Crippen LogP contribution in [0.3, 0.4) is 0 Å². The molecule has 1 heterocycles. The fraction of sp³-hybridized carbons (Fsp3) is 0.647. The molecule has 1 aromatic rings. The van der Waals surface area contributed by atoms with Crippen LogP contribution in [0.1, 0.15) is 58.4 Å². The van der Waals surface area contributed by atoms with Crippen LogP contribution in [0.4, 0.5) is 4.79 Å². The number of aliphatic hydroxyl groups is 3. The number of terminal acetylenes is 1. The van der Waals surface area contributed by atoms with Crippen LogP contribution in [0.5, 0.6) is 0 Å². The van der Waals surface area contributed by atoms with Gasteiger partial charge in [0, 0.05) is 31.6 Å². The number of amides is 3. The number of rotatable bonds is 19. The number of hydrogen-bond acceptors (Lipinski definition) is 11. The highest BCUT2D eigenvalue weighted by Gasteiger charge is 2.55. The Bertz CT molecular complexity index is 1300. The molecule has 6 N–H and O–H groups in total. The van der Waals surface area contributed by atoms with E-state index in [9.17, 15) is 39.6 Å². The number of ether oxygens (including phenoxy) is 4. The third kappa shape index (κ3) is 14.4. The van der Waals surface area contributed by atoms with Gasteiger partial charge in [0.15, 0.2) is 0 Å². The SMILES string of the molecule is C#CCOCCCCCCO[C@]1(C(=O)O)C[C@H](O)[C@@H](NC(=O)CN(C)C(=O)OC(C)(C)C)[C@H]([C@H](O)[C@H](O)CNC(=O)Cc2ccc(Cl)cc2)O1. The predicted octanol–water partition coefficient (Wildman–Crippen LogP) is 1.23. The maximum Gasteiger partial charge on any atom is 0.410 e. The molecule has 0 spiro atoms. The van der Waals surface area contributed by atoms with E-state index in [1.165, 1.54) is 7.05 Å². The molecule has 3 amide bonds. The summed E-state index contributed by atoms with van der Waals surface area (Å²) in [5.41, 5.74) is -0.193. The molecule has 280 valence electrons. The summed E-state index contributed by atoms with van der Waals surface area (Å²) >= 11 is 5.89. The minimum absolute atomic E-state index is 0.0592. The van der Waals surface area contributed by atoms with Gasteiger partial charge in [-0.05, 0) is 51.3 Å². The van der Waals surface area contributed by atoms with Crippen LogP contribution in [0.25, 0.3) is 0 Å². The number of nitrogens with one attached hydrogen (secondary N) is 2. The van der Waals surface area contributed by atoms with Gasteiger partial charge in [-0.1, -0.05) is 42.5 Å². The lowest BCUT2D eigenvalue weighted by molar-refractivity contribution is -0.310. The highest BCUT2D eigenvalue weighted by molar-refractivity contribution is 6.30. The van der Waals surface area contributed by atoms with Gasteiger partial charge in [-0.15, -0.1) is 6.42 Å². The fourth-order valence-electron chi connectivity index (χ4n) is 5.00. The van der Waals surface area contributed by atoms with E-state index in [2.05, 4.69) is 16.6 Å². The average Bonchev–Trinajstić information content (AvgIpc) is 3.03. The van der Waals surface area contributed by atoms with Crippen molar-refractivity contribution in [2.24, 2.45) is 0 Å². The number of hydrogen-bond donors (Lipinski definition) is 6. The number of carboxylic acid groups (broad SMARTS) is 1. The zero-order valence-corrected chi connectivity index (χ0v) is 29.7. The van der Waals surface area contributed by atoms with E-state index < -0.39 is 85.2 Å². The first-order valence-electron chi connectivity index (χ1n) is 16.3. The maximum atomic E-state index is 13.0. The van der Waals surface area contributed by atoms with Gasteiger partial charge in [0.05, 0.1) is 31.3 Å². The molecule has 0 radical (unpaired) electrons. The molecule has 1 fully saturated rings. The molecule has 0 aromatic heterocycles. The summed E-state index contributed by atoms with van der Waals surface area (Å²) in [6.45, 7) is 4.54. The molecule has 1 aromatic carbocycles. The number of unbranched alkanes of at least 4 members (excludes halogenated alkanes) is 3. The van der Waals surface area contributed by atoms with Crippen molar-refractivity contribution in [2.75, 3.05) is 40.0 Å². The Morgan fingerprint density at radius 1 is 1.10 bits per heavy atom. The largest absolute Gasteiger partial charge is 0.477 e. The number of carbonyl (C=O) groups excluding carboxylic acids is 3. The monoisotopic (exact) mass is 727 g/mol. The molecule has 2 rings (SSSR count). The quantitative estimate of drug-likeness (QED) is 0.0878. The maximum absolute atomic E-state index is 13.0. The normalized spacial score (nSPS) is 21.7. The van der Waals surface area contributed by atoms with Crippen LogP contribution >= 0.6 is 11.6 Å². The van der Waals surface area contributed by atoms with E-state index in [0.717, 1.165) is 17.7 Å². The van der Waals surface area contributed by atoms with Crippen molar-refractivity contribution < 1.29 is 58.6 Å². The molecular formula is C34H50ClN3O12. The lowest BCUT2D eigenvalue weighted by atomic mass is 9.88. The first-order chi connectivity index (χ1) is 23.5. The Hall–Kier alpha value is -3.49. The van der Waals surface area contributed by atoms with Gasteiger partial charge in [-0.25, -0.2) is 9.59 Å². The van der Waals surface area contributed by atoms with Crippen LogP contribution < -0.4 is 10.6 Å². The minimum atomic E-state index is -2.45. The molecule has 1 saturated heterocycles. The van der Waals surface area contributed by atoms with Crippen molar-refractivity contribution in [3.05, 3.63) is 34.9 Å². The predicted molar refractivity (Wildman–Crippen MR) is 181 cm³/mol. The second-order valence-corrected chi connectivity index (χ2v) is 13.5. The summed E-state index contributed by atoms with van der Waals surface area (Å²) in [5, 5.41) is 49.0. The van der Waals surface area contributed by atoms with E-state index in [-0.39, 0.29) is 19.6 Å². The molecular weight excluding hydrogens is 678 g/mol. The van der Waals surface area contributed by atoms with Gasteiger partial charge >= 0.3 is 12.1 Å². The Kier molecular flexibility index (Phi) is 17.4. The molecule has 0 unspecified atom stereocenters. The average molecular weight is 728 g/mol. The summed E-state index contributed by atoms with van der Waals surface area (Å²) in [5.74, 6) is -2.97. The van der Waals surface area contributed by atoms with Crippen molar-refractivity contribution in [2.45, 2.75) is 101 Å². The van der Waals surface area contributed by atoms with Crippen LogP contribution in [-0.2, 0) is 39.8 Å². The van der Waals surface area contributed by atoms with Crippen molar-refractivity contribution in [1.29, 1.82) is 0 Å². The summed E-state index contributed by atoms with van der Waals surface area (Å²) in [6, 6.07) is 5.06. The highest BCUT2D eigenvalue weighted by Crippen LogP contribution is 2.34. The Balaban J connectivity index is 2.17. The second-order valence-electron chi connectivity index (χ2n) is 13.0. The third-order valence-electron chi connectivity index (χ3n) is 7.53. The third-order valence-corrected chi connectivity index (χ3v) is 7.78. The Morgan fingerprint density at radius 3 is 2.34 bits per heavy atom. The van der Waals surface area contributed by atoms with Crippen LogP contribution in [0.2, 0.25) is 5.02 Å². The first kappa shape index (κ1) is 42.7. The lowest BCUT2D eigenvalue weighted by Crippen LogP contribution is -2.68. The number of likely N-dealkylation sites (N-methyl/N-ethyl adjacent to an activating group) is 1. The van der Waals surface area contributed by atoms with Gasteiger partial charge in [-0.2, -0.15) is 0 Å². The van der Waals surface area contributed by atoms with E-state index in [0.29, 0.717) is 30.0 Å². The molecule has 0 aliphatic carbocycles. The van der Waals surface area contributed by atoms with Gasteiger partial charge in [0.25, 0.3) is 5.79 Å². The van der Waals surface area contributed by atoms with Gasteiger partial charge in [-0.3, -0.25) is 9.59 Å². The molecule has 15 nitrogen and oxygen atoms in total. The van der Waals surface area contributed by atoms with Crippen molar-refractivity contribution in [3.63, 3.8) is 0 Å². The number of carbonyl (C=O) groups is 4. The molecule has 16 heteroatoms. The van der Waals surface area contributed by atoms with Gasteiger partial charge in [0.2, 0.25) is 11.8 Å². The number of halogens is 1. The lowest BCUT2D eigenvalue weighted by Gasteiger charge is -2.46. The smallest absolute Gasteiger partial charge is 0.410 e. The van der Waals surface area contributed by atoms with Crippen LogP contribution in [0.15, 0.2) is 24.3 Å². The molecule has 1 aliphatic heterocycles.